The molecule has 0 saturated carbocycles. The van der Waals surface area contributed by atoms with Crippen molar-refractivity contribution >= 4 is 12.4 Å². The number of ether oxygens (including phenoxy) is 1. The molecule has 0 saturated heterocycles. The van der Waals surface area contributed by atoms with Crippen molar-refractivity contribution < 1.29 is 13.7 Å². The van der Waals surface area contributed by atoms with Crippen molar-refractivity contribution in [3.63, 3.8) is 0 Å². The van der Waals surface area contributed by atoms with Crippen LogP contribution in [0, 0.1) is 0 Å². The Balaban J connectivity index is 0.00000196. The fraction of sp³-hybridized carbons (Fsp3) is 0.368. The minimum absolute atomic E-state index is 0. The Labute approximate surface area is 158 Å². The maximum absolute atomic E-state index is 6.09. The lowest BCUT2D eigenvalue weighted by molar-refractivity contribution is 0.109. The zero-order chi connectivity index (χ0) is 17.2. The van der Waals surface area contributed by atoms with Crippen molar-refractivity contribution in [2.24, 2.45) is 0 Å². The molecule has 1 atom stereocenters. The zero-order valence-electron chi connectivity index (χ0n) is 14.8. The third-order valence-corrected chi connectivity index (χ3v) is 4.58. The Hall–Kier alpha value is -2.15. The average Bonchev–Trinajstić information content (AvgIpc) is 3.28. The average molecular weight is 376 g/mol. The summed E-state index contributed by atoms with van der Waals surface area (Å²) in [5, 5.41) is 3.98. The first kappa shape index (κ1) is 18.6. The smallest absolute Gasteiger partial charge is 0.240 e. The predicted molar refractivity (Wildman–Crippen MR) is 98.9 cm³/mol. The summed E-state index contributed by atoms with van der Waals surface area (Å²) in [5.74, 6) is 3.15. The molecule has 26 heavy (non-hydrogen) atoms. The second-order valence-corrected chi connectivity index (χ2v) is 6.31. The molecular formula is C19H22ClN3O3. The molecule has 0 fully saturated rings. The molecule has 3 aromatic rings. The SMILES string of the molecule is COC(C)c1noc(CN2CCc3cc(-c4ccccc4)oc3C2)n1.Cl. The second-order valence-electron chi connectivity index (χ2n) is 6.31. The number of fused-ring (bicyclic) bond motifs is 1. The van der Waals surface area contributed by atoms with E-state index in [1.165, 1.54) is 5.56 Å². The number of rotatable bonds is 5. The van der Waals surface area contributed by atoms with Gasteiger partial charge in [0, 0.05) is 19.2 Å². The van der Waals surface area contributed by atoms with Gasteiger partial charge in [-0.2, -0.15) is 4.98 Å². The summed E-state index contributed by atoms with van der Waals surface area (Å²) >= 11 is 0. The van der Waals surface area contributed by atoms with Crippen molar-refractivity contribution in [1.82, 2.24) is 15.0 Å². The summed E-state index contributed by atoms with van der Waals surface area (Å²) < 4.78 is 16.6. The van der Waals surface area contributed by atoms with Crippen molar-refractivity contribution in [2.45, 2.75) is 32.5 Å². The number of methoxy groups -OCH3 is 1. The molecule has 1 aliphatic heterocycles. The van der Waals surface area contributed by atoms with Gasteiger partial charge in [0.05, 0.1) is 13.1 Å². The molecule has 0 amide bonds. The van der Waals surface area contributed by atoms with Crippen LogP contribution < -0.4 is 0 Å². The number of aromatic nitrogens is 2. The van der Waals surface area contributed by atoms with E-state index in [2.05, 4.69) is 33.2 Å². The summed E-state index contributed by atoms with van der Waals surface area (Å²) in [6.45, 7) is 4.21. The Kier molecular flexibility index (Phi) is 5.76. The first-order valence-corrected chi connectivity index (χ1v) is 8.47. The second kappa shape index (κ2) is 8.03. The van der Waals surface area contributed by atoms with E-state index in [0.717, 1.165) is 36.6 Å². The highest BCUT2D eigenvalue weighted by molar-refractivity contribution is 5.85. The lowest BCUT2D eigenvalue weighted by Gasteiger charge is -2.23. The minimum Gasteiger partial charge on any atom is -0.459 e. The third-order valence-electron chi connectivity index (χ3n) is 4.58. The van der Waals surface area contributed by atoms with Gasteiger partial charge in [0.2, 0.25) is 5.89 Å². The Morgan fingerprint density at radius 1 is 1.27 bits per heavy atom. The monoisotopic (exact) mass is 375 g/mol. The largest absolute Gasteiger partial charge is 0.459 e. The lowest BCUT2D eigenvalue weighted by Crippen LogP contribution is -2.29. The molecule has 7 heteroatoms. The Morgan fingerprint density at radius 2 is 2.08 bits per heavy atom. The standard InChI is InChI=1S/C19H21N3O3.ClH/c1-13(23-2)19-20-18(25-21-19)12-22-9-8-15-10-16(24-17(15)11-22)14-6-4-3-5-7-14;/h3-7,10,13H,8-9,11-12H2,1-2H3;1H. The first-order valence-electron chi connectivity index (χ1n) is 8.47. The molecule has 3 heterocycles. The summed E-state index contributed by atoms with van der Waals surface area (Å²) in [5.41, 5.74) is 2.40. The van der Waals surface area contributed by atoms with E-state index in [9.17, 15) is 0 Å². The molecule has 0 radical (unpaired) electrons. The minimum atomic E-state index is -0.163. The Bertz CT molecular complexity index is 847. The van der Waals surface area contributed by atoms with Gasteiger partial charge in [0.25, 0.3) is 0 Å². The van der Waals surface area contributed by atoms with Crippen LogP contribution in [0.5, 0.6) is 0 Å². The van der Waals surface area contributed by atoms with Crippen LogP contribution in [0.15, 0.2) is 45.3 Å². The molecule has 6 nitrogen and oxygen atoms in total. The van der Waals surface area contributed by atoms with Gasteiger partial charge >= 0.3 is 0 Å². The maximum Gasteiger partial charge on any atom is 0.240 e. The number of benzene rings is 1. The van der Waals surface area contributed by atoms with Crippen LogP contribution in [-0.2, 0) is 24.2 Å². The Morgan fingerprint density at radius 3 is 2.85 bits per heavy atom. The van der Waals surface area contributed by atoms with Crippen LogP contribution in [0.3, 0.4) is 0 Å². The quantitative estimate of drug-likeness (QED) is 0.671. The van der Waals surface area contributed by atoms with Crippen molar-refractivity contribution in [3.8, 4) is 11.3 Å². The van der Waals surface area contributed by atoms with Crippen LogP contribution in [0.25, 0.3) is 11.3 Å². The number of halogens is 1. The van der Waals surface area contributed by atoms with Gasteiger partial charge in [0.15, 0.2) is 5.82 Å². The van der Waals surface area contributed by atoms with Crippen LogP contribution in [0.2, 0.25) is 0 Å². The van der Waals surface area contributed by atoms with Crippen LogP contribution in [-0.4, -0.2) is 28.7 Å². The molecule has 0 N–H and O–H groups in total. The molecule has 0 bridgehead atoms. The van der Waals surface area contributed by atoms with Gasteiger partial charge in [-0.25, -0.2) is 0 Å². The molecular weight excluding hydrogens is 354 g/mol. The highest BCUT2D eigenvalue weighted by Gasteiger charge is 2.23. The topological polar surface area (TPSA) is 64.5 Å². The van der Waals surface area contributed by atoms with E-state index >= 15 is 0 Å². The fourth-order valence-corrected chi connectivity index (χ4v) is 3.05. The van der Waals surface area contributed by atoms with Crippen molar-refractivity contribution in [2.75, 3.05) is 13.7 Å². The van der Waals surface area contributed by atoms with Gasteiger partial charge in [-0.1, -0.05) is 35.5 Å². The normalized spacial score (nSPS) is 15.3. The molecule has 1 unspecified atom stereocenters. The van der Waals surface area contributed by atoms with Crippen molar-refractivity contribution in [1.29, 1.82) is 0 Å². The number of nitrogens with zero attached hydrogens (tertiary/aromatic N) is 3. The molecule has 2 aromatic heterocycles. The molecule has 0 spiro atoms. The van der Waals surface area contributed by atoms with Gasteiger partial charge in [0.1, 0.15) is 17.6 Å². The van der Waals surface area contributed by atoms with Crippen LogP contribution in [0.4, 0.5) is 0 Å². The highest BCUT2D eigenvalue weighted by atomic mass is 35.5. The van der Waals surface area contributed by atoms with E-state index in [0.29, 0.717) is 18.3 Å². The van der Waals surface area contributed by atoms with E-state index in [1.54, 1.807) is 7.11 Å². The lowest BCUT2D eigenvalue weighted by atomic mass is 10.1. The molecule has 0 aliphatic carbocycles. The van der Waals surface area contributed by atoms with Gasteiger partial charge in [-0.15, -0.1) is 12.4 Å². The fourth-order valence-electron chi connectivity index (χ4n) is 3.05. The van der Waals surface area contributed by atoms with E-state index < -0.39 is 0 Å². The number of hydrogen-bond donors (Lipinski definition) is 0. The van der Waals surface area contributed by atoms with Crippen LogP contribution in [0.1, 0.15) is 36.1 Å². The molecule has 1 aromatic carbocycles. The summed E-state index contributed by atoms with van der Waals surface area (Å²) in [4.78, 5) is 6.67. The number of furan rings is 1. The van der Waals surface area contributed by atoms with E-state index in [4.69, 9.17) is 13.7 Å². The summed E-state index contributed by atoms with van der Waals surface area (Å²) in [6, 6.07) is 12.4. The third kappa shape index (κ3) is 3.82. The molecule has 1 aliphatic rings. The van der Waals surface area contributed by atoms with Crippen molar-refractivity contribution in [3.05, 3.63) is 59.4 Å². The predicted octanol–water partition coefficient (Wildman–Crippen LogP) is 4.02. The molecule has 138 valence electrons. The molecule has 4 rings (SSSR count). The summed E-state index contributed by atoms with van der Waals surface area (Å²) in [6.07, 6.45) is 0.796. The number of hydrogen-bond acceptors (Lipinski definition) is 6. The van der Waals surface area contributed by atoms with Gasteiger partial charge in [-0.05, 0) is 25.0 Å². The van der Waals surface area contributed by atoms with Gasteiger partial charge in [-0.3, -0.25) is 4.90 Å². The van der Waals surface area contributed by atoms with E-state index in [1.807, 2.05) is 25.1 Å². The van der Waals surface area contributed by atoms with Gasteiger partial charge < -0.3 is 13.7 Å². The van der Waals surface area contributed by atoms with E-state index in [-0.39, 0.29) is 18.5 Å². The zero-order valence-corrected chi connectivity index (χ0v) is 15.7. The maximum atomic E-state index is 6.09. The first-order chi connectivity index (χ1) is 12.2. The summed E-state index contributed by atoms with van der Waals surface area (Å²) in [7, 11) is 1.63. The highest BCUT2D eigenvalue weighted by Crippen LogP contribution is 2.29. The van der Waals surface area contributed by atoms with Crippen LogP contribution >= 0.6 is 12.4 Å².